The van der Waals surface area contributed by atoms with Crippen LogP contribution in [0.1, 0.15) is 48.0 Å². The van der Waals surface area contributed by atoms with Gasteiger partial charge in [-0.15, -0.1) is 0 Å². The summed E-state index contributed by atoms with van der Waals surface area (Å²) in [4.78, 5) is 0.238. The largest absolute Gasteiger partial charge is 0.455 e. The fraction of sp³-hybridized carbons (Fsp3) is 0. The highest BCUT2D eigenvalue weighted by atomic mass is 16.3. The molecule has 0 amide bonds. The lowest BCUT2D eigenvalue weighted by molar-refractivity contribution is 0.670. The summed E-state index contributed by atoms with van der Waals surface area (Å²) in [6.07, 6.45) is 0. The number of anilines is 3. The van der Waals surface area contributed by atoms with Gasteiger partial charge in [-0.05, 0) is 92.0 Å². The molecular formula is C52H35NO. The van der Waals surface area contributed by atoms with E-state index in [1.165, 1.54) is 0 Å². The summed E-state index contributed by atoms with van der Waals surface area (Å²) >= 11 is 0. The van der Waals surface area contributed by atoms with Crippen LogP contribution in [-0.4, -0.2) is 0 Å². The minimum atomic E-state index is -1.38. The smallest absolute Gasteiger partial charge is 0.143 e. The first kappa shape index (κ1) is 11.9. The number of nitrogens with zero attached hydrogens (tertiary/aromatic N) is 1. The van der Waals surface area contributed by atoms with Crippen molar-refractivity contribution in [3.63, 3.8) is 0 Å². The van der Waals surface area contributed by atoms with Gasteiger partial charge in [-0.3, -0.25) is 0 Å². The Hall–Kier alpha value is -7.16. The molecule has 9 aromatic carbocycles. The molecule has 10 aromatic rings. The van der Waals surface area contributed by atoms with Crippen LogP contribution in [0.2, 0.25) is 0 Å². The van der Waals surface area contributed by atoms with Crippen LogP contribution in [0.4, 0.5) is 17.1 Å². The van der Waals surface area contributed by atoms with Crippen LogP contribution in [0.5, 0.6) is 0 Å². The zero-order valence-corrected chi connectivity index (χ0v) is 26.9. The van der Waals surface area contributed by atoms with Gasteiger partial charge in [0, 0.05) is 33.4 Å². The number of para-hydroxylation sites is 2. The van der Waals surface area contributed by atoms with Crippen LogP contribution >= 0.6 is 0 Å². The molecule has 0 atom stereocenters. The van der Waals surface area contributed by atoms with Gasteiger partial charge in [-0.25, -0.2) is 0 Å². The Morgan fingerprint density at radius 1 is 0.315 bits per heavy atom. The van der Waals surface area contributed by atoms with E-state index in [9.17, 15) is 21.9 Å². The quantitative estimate of drug-likeness (QED) is 0.163. The molecule has 2 heteroatoms. The van der Waals surface area contributed by atoms with Gasteiger partial charge < -0.3 is 9.32 Å². The molecule has 0 aliphatic carbocycles. The number of furan rings is 1. The van der Waals surface area contributed by atoms with Crippen LogP contribution in [0.15, 0.2) is 216 Å². The Morgan fingerprint density at radius 2 is 0.741 bits per heavy atom. The Balaban J connectivity index is 1.32. The van der Waals surface area contributed by atoms with Gasteiger partial charge in [-0.2, -0.15) is 0 Å². The predicted molar refractivity (Wildman–Crippen MR) is 228 cm³/mol. The van der Waals surface area contributed by atoms with E-state index >= 15 is 0 Å². The molecule has 0 unspecified atom stereocenters. The number of fused-ring (bicyclic) bond motifs is 4. The lowest BCUT2D eigenvalue weighted by Gasteiger charge is -2.26. The molecule has 0 spiro atoms. The van der Waals surface area contributed by atoms with E-state index in [-0.39, 0.29) is 4.90 Å². The molecule has 0 bridgehead atoms. The van der Waals surface area contributed by atoms with E-state index in [0.717, 1.165) is 0 Å². The standard InChI is InChI=1S/C52H35NO/c1-2-10-36(11-3-1)38-24-30-43(31-25-38)53(45-34-28-42(29-35-45)48-17-9-18-50-49-15-6-7-19-51(49)54-52(48)50)44-32-26-39(27-33-44)37-20-22-41(23-21-37)47-16-8-13-40-12-4-5-14-46(40)47/h1-35H/i1D,2D,3D,4D,5D,6D,7D,8D,9D,10D,11D,12D,13D,14D,15D,16D,17D,18D,19D,20D,21D,22D,23D,24D,25D,26D,27D,28D,29D,30D,31D,32D,33D,34D,35D. The lowest BCUT2D eigenvalue weighted by atomic mass is 9.96. The van der Waals surface area contributed by atoms with Gasteiger partial charge in [0.15, 0.2) is 0 Å². The Labute approximate surface area is 364 Å². The second kappa shape index (κ2) is 13.4. The summed E-state index contributed by atoms with van der Waals surface area (Å²) in [5, 5.41) is -2.26. The van der Waals surface area contributed by atoms with E-state index in [2.05, 4.69) is 0 Å². The van der Waals surface area contributed by atoms with Gasteiger partial charge in [0.2, 0.25) is 0 Å². The molecule has 0 aliphatic rings. The molecule has 2 nitrogen and oxygen atoms in total. The summed E-state index contributed by atoms with van der Waals surface area (Å²) in [7, 11) is 0. The number of hydrogen-bond acceptors (Lipinski definition) is 2. The van der Waals surface area contributed by atoms with Crippen LogP contribution in [-0.2, 0) is 0 Å². The van der Waals surface area contributed by atoms with Crippen molar-refractivity contribution in [1.82, 2.24) is 0 Å². The lowest BCUT2D eigenvalue weighted by Crippen LogP contribution is -2.09. The third kappa shape index (κ3) is 5.71. The molecule has 0 radical (unpaired) electrons. The monoisotopic (exact) mass is 724 g/mol. The zero-order chi connectivity index (χ0) is 66.3. The zero-order valence-electron chi connectivity index (χ0n) is 61.9. The van der Waals surface area contributed by atoms with Crippen LogP contribution in [0.25, 0.3) is 77.2 Å². The molecule has 1 heterocycles. The Morgan fingerprint density at radius 3 is 1.41 bits per heavy atom. The topological polar surface area (TPSA) is 16.4 Å². The average Bonchev–Trinajstić information content (AvgIpc) is 1.70. The summed E-state index contributed by atoms with van der Waals surface area (Å²) in [6.45, 7) is 0. The highest BCUT2D eigenvalue weighted by molar-refractivity contribution is 6.09. The first-order valence-electron chi connectivity index (χ1n) is 33.1. The third-order valence-corrected chi connectivity index (χ3v) is 7.88. The number of hydrogen-bond donors (Lipinski definition) is 0. The number of benzene rings is 9. The van der Waals surface area contributed by atoms with E-state index in [1.807, 2.05) is 0 Å². The first-order chi connectivity index (χ1) is 41.4. The van der Waals surface area contributed by atoms with Crippen LogP contribution < -0.4 is 4.90 Å². The van der Waals surface area contributed by atoms with Gasteiger partial charge in [0.25, 0.3) is 0 Å². The highest BCUT2D eigenvalue weighted by Crippen LogP contribution is 2.40. The van der Waals surface area contributed by atoms with Crippen LogP contribution in [0.3, 0.4) is 0 Å². The highest BCUT2D eigenvalue weighted by Gasteiger charge is 2.16. The molecule has 0 N–H and O–H groups in total. The van der Waals surface area contributed by atoms with Crippen molar-refractivity contribution in [3.8, 4) is 44.5 Å². The van der Waals surface area contributed by atoms with E-state index < -0.39 is 306 Å². The summed E-state index contributed by atoms with van der Waals surface area (Å²) in [6, 6.07) is -37.4. The van der Waals surface area contributed by atoms with Crippen molar-refractivity contribution < 1.29 is 52.4 Å². The molecule has 0 saturated carbocycles. The second-order valence-corrected chi connectivity index (χ2v) is 11.0. The maximum absolute atomic E-state index is 9.64. The maximum atomic E-state index is 9.64. The minimum Gasteiger partial charge on any atom is -0.455 e. The normalized spacial score (nSPS) is 20.4. The Kier molecular flexibility index (Phi) is 2.97. The maximum Gasteiger partial charge on any atom is 0.143 e. The molecule has 0 saturated heterocycles. The van der Waals surface area contributed by atoms with Crippen molar-refractivity contribution in [2.24, 2.45) is 0 Å². The predicted octanol–water partition coefficient (Wildman–Crippen LogP) is 14.9. The number of rotatable bonds is 7. The average molecular weight is 725 g/mol. The fourth-order valence-electron chi connectivity index (χ4n) is 5.41. The second-order valence-electron chi connectivity index (χ2n) is 11.0. The fourth-order valence-corrected chi connectivity index (χ4v) is 5.41. The molecule has 54 heavy (non-hydrogen) atoms. The van der Waals surface area contributed by atoms with Gasteiger partial charge in [0.1, 0.15) is 11.2 Å². The van der Waals surface area contributed by atoms with Crippen LogP contribution in [0, 0.1) is 0 Å². The van der Waals surface area contributed by atoms with Crippen molar-refractivity contribution in [2.45, 2.75) is 0 Å². The van der Waals surface area contributed by atoms with E-state index in [4.69, 9.17) is 30.5 Å². The summed E-state index contributed by atoms with van der Waals surface area (Å²) in [5.74, 6) is 0. The summed E-state index contributed by atoms with van der Waals surface area (Å²) in [5.41, 5.74) is -12.2. The molecule has 10 rings (SSSR count). The van der Waals surface area contributed by atoms with E-state index in [1.54, 1.807) is 0 Å². The van der Waals surface area contributed by atoms with Crippen molar-refractivity contribution >= 4 is 49.8 Å². The minimum absolute atomic E-state index is 0.238. The molecule has 254 valence electrons. The molecule has 0 fully saturated rings. The summed E-state index contributed by atoms with van der Waals surface area (Å²) < 4.78 is 319. The van der Waals surface area contributed by atoms with Gasteiger partial charge in [-0.1, -0.05) is 169 Å². The molecular weight excluding hydrogens is 655 g/mol. The molecule has 0 aliphatic heterocycles. The van der Waals surface area contributed by atoms with Gasteiger partial charge >= 0.3 is 0 Å². The van der Waals surface area contributed by atoms with Crippen molar-refractivity contribution in [3.05, 3.63) is 211 Å². The SMILES string of the molecule is [2H]c1c([2H])c([2H])c(-c2c([2H])c([2H])c(N(c3c([2H])c([2H])c(-c4c([2H])c([2H])c(-c5c([2H])c([2H])c([2H])c6c([2H])c([2H])c([2H])c([2H])c56)c([2H])c4[2H])c([2H])c3[2H])c3c([2H])c([2H])c(-c4c([2H])c([2H])c([2H])c5c4oc4c([2H])c([2H])c([2H])c([2H])c45)c([2H])c3[2H])c([2H])c2[2H])c([2H])c1[2H]. The van der Waals surface area contributed by atoms with Crippen molar-refractivity contribution in [2.75, 3.05) is 4.90 Å². The first-order valence-corrected chi connectivity index (χ1v) is 15.6. The van der Waals surface area contributed by atoms with Crippen molar-refractivity contribution in [1.29, 1.82) is 0 Å². The molecule has 1 aromatic heterocycles. The van der Waals surface area contributed by atoms with Gasteiger partial charge in [0.05, 0.1) is 48.0 Å². The Bertz CT molecular complexity index is 4820. The third-order valence-electron chi connectivity index (χ3n) is 7.88. The van der Waals surface area contributed by atoms with E-state index in [0.29, 0.717) is 0 Å².